The van der Waals surface area contributed by atoms with Crippen molar-refractivity contribution >= 4 is 11.3 Å². The predicted octanol–water partition coefficient (Wildman–Crippen LogP) is 2.94. The molecule has 0 spiro atoms. The monoisotopic (exact) mass is 278 g/mol. The zero-order chi connectivity index (χ0) is 13.4. The molecule has 1 aromatic rings. The van der Waals surface area contributed by atoms with Crippen LogP contribution in [0.1, 0.15) is 23.1 Å². The highest BCUT2D eigenvalue weighted by atomic mass is 32.1. The van der Waals surface area contributed by atoms with Crippen molar-refractivity contribution in [3.63, 3.8) is 0 Å². The van der Waals surface area contributed by atoms with Crippen molar-refractivity contribution < 1.29 is 13.2 Å². The maximum absolute atomic E-state index is 12.5. The molecule has 2 nitrogen and oxygen atoms in total. The van der Waals surface area contributed by atoms with Gasteiger partial charge in [-0.25, -0.2) is 0 Å². The van der Waals surface area contributed by atoms with Crippen LogP contribution in [0.15, 0.2) is 12.1 Å². The van der Waals surface area contributed by atoms with Crippen LogP contribution in [0.4, 0.5) is 13.2 Å². The fourth-order valence-electron chi connectivity index (χ4n) is 2.26. The van der Waals surface area contributed by atoms with Gasteiger partial charge in [-0.1, -0.05) is 6.92 Å². The third-order valence-electron chi connectivity index (χ3n) is 3.45. The summed E-state index contributed by atoms with van der Waals surface area (Å²) < 4.78 is 37.4. The zero-order valence-electron chi connectivity index (χ0n) is 10.3. The minimum Gasteiger partial charge on any atom is -0.330 e. The number of nitrogens with zero attached hydrogens (tertiary/aromatic N) is 1. The molecule has 2 rings (SSSR count). The van der Waals surface area contributed by atoms with E-state index in [9.17, 15) is 13.2 Å². The Hall–Kier alpha value is -0.590. The van der Waals surface area contributed by atoms with Gasteiger partial charge in [0.1, 0.15) is 4.88 Å². The van der Waals surface area contributed by atoms with E-state index in [2.05, 4.69) is 11.8 Å². The second-order valence-electron chi connectivity index (χ2n) is 5.24. The van der Waals surface area contributed by atoms with E-state index in [0.717, 1.165) is 41.8 Å². The molecule has 1 aliphatic heterocycles. The van der Waals surface area contributed by atoms with Crippen molar-refractivity contribution in [2.75, 3.05) is 19.6 Å². The summed E-state index contributed by atoms with van der Waals surface area (Å²) in [6.07, 6.45) is -3.21. The summed E-state index contributed by atoms with van der Waals surface area (Å²) in [6, 6.07) is 2.74. The number of rotatable bonds is 3. The van der Waals surface area contributed by atoms with E-state index >= 15 is 0 Å². The normalized spacial score (nSPS) is 25.8. The summed E-state index contributed by atoms with van der Waals surface area (Å²) in [6.45, 7) is 5.12. The smallest absolute Gasteiger partial charge is 0.330 e. The second-order valence-corrected chi connectivity index (χ2v) is 6.41. The van der Waals surface area contributed by atoms with Crippen molar-refractivity contribution in [3.8, 4) is 0 Å². The largest absolute Gasteiger partial charge is 0.425 e. The quantitative estimate of drug-likeness (QED) is 0.921. The molecule has 1 fully saturated rings. The van der Waals surface area contributed by atoms with Crippen LogP contribution in [0.2, 0.25) is 0 Å². The van der Waals surface area contributed by atoms with Crippen molar-refractivity contribution in [3.05, 3.63) is 21.9 Å². The van der Waals surface area contributed by atoms with Crippen molar-refractivity contribution in [1.29, 1.82) is 0 Å². The lowest BCUT2D eigenvalue weighted by molar-refractivity contribution is -0.134. The van der Waals surface area contributed by atoms with Crippen LogP contribution in [0, 0.1) is 5.41 Å². The van der Waals surface area contributed by atoms with Gasteiger partial charge in [0, 0.05) is 18.0 Å². The molecule has 6 heteroatoms. The van der Waals surface area contributed by atoms with Crippen molar-refractivity contribution in [1.82, 2.24) is 4.90 Å². The number of hydrogen-bond acceptors (Lipinski definition) is 3. The van der Waals surface area contributed by atoms with Gasteiger partial charge in [0.05, 0.1) is 0 Å². The zero-order valence-corrected chi connectivity index (χ0v) is 11.1. The first-order chi connectivity index (χ1) is 8.32. The lowest BCUT2D eigenvalue weighted by Gasteiger charge is -2.22. The third kappa shape index (κ3) is 3.05. The highest BCUT2D eigenvalue weighted by Gasteiger charge is 2.34. The van der Waals surface area contributed by atoms with Gasteiger partial charge >= 0.3 is 6.18 Å². The predicted molar refractivity (Wildman–Crippen MR) is 66.4 cm³/mol. The van der Waals surface area contributed by atoms with E-state index in [-0.39, 0.29) is 5.41 Å². The van der Waals surface area contributed by atoms with E-state index in [1.54, 1.807) is 6.07 Å². The number of likely N-dealkylation sites (tertiary alicyclic amines) is 1. The van der Waals surface area contributed by atoms with Crippen LogP contribution >= 0.6 is 11.3 Å². The lowest BCUT2D eigenvalue weighted by Crippen LogP contribution is -2.30. The van der Waals surface area contributed by atoms with Crippen molar-refractivity contribution in [2.24, 2.45) is 11.1 Å². The second kappa shape index (κ2) is 4.83. The van der Waals surface area contributed by atoms with E-state index < -0.39 is 11.1 Å². The average molecular weight is 278 g/mol. The number of thiophene rings is 1. The minimum atomic E-state index is -4.22. The van der Waals surface area contributed by atoms with Crippen LogP contribution < -0.4 is 5.73 Å². The Labute approximate surface area is 109 Å². The number of hydrogen-bond donors (Lipinski definition) is 1. The highest BCUT2D eigenvalue weighted by Crippen LogP contribution is 2.36. The first-order valence-corrected chi connectivity index (χ1v) is 6.72. The van der Waals surface area contributed by atoms with Gasteiger partial charge in [0.2, 0.25) is 0 Å². The molecular formula is C12H17F3N2S. The molecule has 1 unspecified atom stereocenters. The lowest BCUT2D eigenvalue weighted by atomic mass is 9.90. The number of alkyl halides is 3. The first kappa shape index (κ1) is 13.8. The number of halogens is 3. The van der Waals surface area contributed by atoms with Crippen molar-refractivity contribution in [2.45, 2.75) is 26.1 Å². The topological polar surface area (TPSA) is 29.3 Å². The molecule has 1 aromatic heterocycles. The highest BCUT2D eigenvalue weighted by molar-refractivity contribution is 7.12. The third-order valence-corrected chi connectivity index (χ3v) is 4.57. The maximum Gasteiger partial charge on any atom is 0.425 e. The van der Waals surface area contributed by atoms with Crippen LogP contribution in [-0.2, 0) is 12.7 Å². The summed E-state index contributed by atoms with van der Waals surface area (Å²) in [5.74, 6) is 0. The van der Waals surface area contributed by atoms with Crippen LogP contribution in [0.5, 0.6) is 0 Å². The minimum absolute atomic E-state index is 0.115. The molecule has 18 heavy (non-hydrogen) atoms. The van der Waals surface area contributed by atoms with Gasteiger partial charge in [-0.15, -0.1) is 11.3 Å². The molecule has 102 valence electrons. The van der Waals surface area contributed by atoms with Gasteiger partial charge in [0.15, 0.2) is 0 Å². The average Bonchev–Trinajstić information content (AvgIpc) is 2.86. The summed E-state index contributed by atoms with van der Waals surface area (Å²) in [7, 11) is 0. The summed E-state index contributed by atoms with van der Waals surface area (Å²) in [4.78, 5) is 2.43. The van der Waals surface area contributed by atoms with Gasteiger partial charge in [-0.2, -0.15) is 13.2 Å². The van der Waals surface area contributed by atoms with Crippen LogP contribution in [-0.4, -0.2) is 24.5 Å². The Morgan fingerprint density at radius 2 is 2.17 bits per heavy atom. The molecule has 2 N–H and O–H groups in total. The molecule has 1 saturated heterocycles. The van der Waals surface area contributed by atoms with Gasteiger partial charge in [-0.05, 0) is 37.1 Å². The van der Waals surface area contributed by atoms with E-state index in [1.165, 1.54) is 0 Å². The Morgan fingerprint density at radius 3 is 2.67 bits per heavy atom. The number of nitrogens with two attached hydrogens (primary N) is 1. The molecule has 0 aromatic carbocycles. The Bertz CT molecular complexity index is 416. The van der Waals surface area contributed by atoms with Crippen LogP contribution in [0.25, 0.3) is 0 Å². The maximum atomic E-state index is 12.5. The molecule has 0 bridgehead atoms. The SMILES string of the molecule is CC1(CN)CCN(Cc2ccc(C(F)(F)F)s2)C1. The fraction of sp³-hybridized carbons (Fsp3) is 0.667. The molecular weight excluding hydrogens is 261 g/mol. The van der Waals surface area contributed by atoms with Gasteiger partial charge < -0.3 is 5.73 Å². The molecule has 2 heterocycles. The summed E-state index contributed by atoms with van der Waals surface area (Å²) in [5.41, 5.74) is 5.83. The molecule has 0 radical (unpaired) electrons. The van der Waals surface area contributed by atoms with Gasteiger partial charge in [-0.3, -0.25) is 4.90 Å². The first-order valence-electron chi connectivity index (χ1n) is 5.91. The van der Waals surface area contributed by atoms with E-state index in [0.29, 0.717) is 13.1 Å². The Balaban J connectivity index is 1.97. The van der Waals surface area contributed by atoms with E-state index in [4.69, 9.17) is 5.73 Å². The Kier molecular flexibility index (Phi) is 3.71. The summed E-state index contributed by atoms with van der Waals surface area (Å²) in [5, 5.41) is 0. The fourth-order valence-corrected chi connectivity index (χ4v) is 3.18. The van der Waals surface area contributed by atoms with Gasteiger partial charge in [0.25, 0.3) is 0 Å². The van der Waals surface area contributed by atoms with Crippen LogP contribution in [0.3, 0.4) is 0 Å². The molecule has 0 aliphatic carbocycles. The summed E-state index contributed by atoms with van der Waals surface area (Å²) >= 11 is 0.836. The van der Waals surface area contributed by atoms with E-state index in [1.807, 2.05) is 0 Å². The molecule has 0 amide bonds. The molecule has 1 atom stereocenters. The Morgan fingerprint density at radius 1 is 1.44 bits per heavy atom. The molecule has 0 saturated carbocycles. The standard InChI is InChI=1S/C12H17F3N2S/c1-11(7-16)4-5-17(8-11)6-9-2-3-10(18-9)12(13,14)15/h2-3H,4-8,16H2,1H3. The molecule has 1 aliphatic rings.